The molecule has 3 rings (SSSR count). The average molecular weight is 352 g/mol. The van der Waals surface area contributed by atoms with Crippen LogP contribution in [0.25, 0.3) is 11.2 Å². The fourth-order valence-electron chi connectivity index (χ4n) is 2.99. The van der Waals surface area contributed by atoms with Crippen molar-refractivity contribution in [3.05, 3.63) is 6.33 Å². The Morgan fingerprint density at radius 1 is 1.32 bits per heavy atom. The topological polar surface area (TPSA) is 155 Å². The molecule has 1 aliphatic rings. The maximum absolute atomic E-state index is 10.4. The average Bonchev–Trinajstić information content (AvgIpc) is 3.13. The Bertz CT molecular complexity index is 723. The van der Waals surface area contributed by atoms with Crippen LogP contribution < -0.4 is 11.5 Å². The van der Waals surface area contributed by atoms with E-state index in [1.165, 1.54) is 6.33 Å². The van der Waals surface area contributed by atoms with E-state index in [2.05, 4.69) is 21.9 Å². The number of anilines is 2. The van der Waals surface area contributed by atoms with Gasteiger partial charge in [-0.2, -0.15) is 9.97 Å². The summed E-state index contributed by atoms with van der Waals surface area (Å²) in [6.45, 7) is 2.27. The fraction of sp³-hybridized carbons (Fsp3) is 0.667. The minimum absolute atomic E-state index is 0.0180. The zero-order valence-electron chi connectivity index (χ0n) is 14.1. The predicted octanol–water partition coefficient (Wildman–Crippen LogP) is -0.183. The van der Waals surface area contributed by atoms with E-state index >= 15 is 0 Å². The number of nitrogens with two attached hydrogens (primary N) is 2. The van der Waals surface area contributed by atoms with E-state index in [0.717, 1.165) is 19.3 Å². The Balaban J connectivity index is 1.90. The van der Waals surface area contributed by atoms with E-state index in [1.807, 2.05) is 0 Å². The molecule has 0 unspecified atom stereocenters. The molecular formula is C15H24N6O4. The van der Waals surface area contributed by atoms with Gasteiger partial charge in [0.15, 0.2) is 17.7 Å². The zero-order valence-corrected chi connectivity index (χ0v) is 14.1. The van der Waals surface area contributed by atoms with Crippen molar-refractivity contribution >= 4 is 22.9 Å². The number of unbranched alkanes of at least 4 members (excludes halogenated alkanes) is 2. The van der Waals surface area contributed by atoms with Crippen molar-refractivity contribution in [3.63, 3.8) is 0 Å². The molecule has 2 aromatic rings. The summed E-state index contributed by atoms with van der Waals surface area (Å²) in [5.41, 5.74) is 12.3. The number of nitrogen functional groups attached to an aromatic ring is 2. The van der Waals surface area contributed by atoms with Gasteiger partial charge in [0, 0.05) is 6.61 Å². The highest BCUT2D eigenvalue weighted by Crippen LogP contribution is 2.34. The SMILES string of the molecule is CCCCCO[C@@H]1[C@H](O)[C@@H](CO)O[C@H]1n1cnc2c(N)nc(N)nc21. The van der Waals surface area contributed by atoms with Gasteiger partial charge in [-0.1, -0.05) is 19.8 Å². The molecule has 0 saturated carbocycles. The molecule has 0 aliphatic carbocycles. The maximum Gasteiger partial charge on any atom is 0.224 e. The molecule has 138 valence electrons. The van der Waals surface area contributed by atoms with Gasteiger partial charge in [0.05, 0.1) is 12.9 Å². The summed E-state index contributed by atoms with van der Waals surface area (Å²) in [6, 6.07) is 0. The zero-order chi connectivity index (χ0) is 18.0. The lowest BCUT2D eigenvalue weighted by molar-refractivity contribution is -0.0710. The Kier molecular flexibility index (Phi) is 5.33. The molecule has 2 aromatic heterocycles. The number of aliphatic hydroxyl groups is 2. The van der Waals surface area contributed by atoms with E-state index in [9.17, 15) is 10.2 Å². The number of hydrogen-bond acceptors (Lipinski definition) is 9. The smallest absolute Gasteiger partial charge is 0.224 e. The quantitative estimate of drug-likeness (QED) is 0.496. The second kappa shape index (κ2) is 7.48. The number of imidazole rings is 1. The number of nitrogens with zero attached hydrogens (tertiary/aromatic N) is 4. The number of rotatable bonds is 7. The second-order valence-electron chi connectivity index (χ2n) is 6.07. The maximum atomic E-state index is 10.4. The minimum Gasteiger partial charge on any atom is -0.394 e. The van der Waals surface area contributed by atoms with Crippen LogP contribution in [0.2, 0.25) is 0 Å². The molecule has 0 radical (unpaired) electrons. The van der Waals surface area contributed by atoms with Crippen LogP contribution in [-0.4, -0.2) is 61.3 Å². The van der Waals surface area contributed by atoms with Crippen molar-refractivity contribution in [1.82, 2.24) is 19.5 Å². The fourth-order valence-corrected chi connectivity index (χ4v) is 2.99. The van der Waals surface area contributed by atoms with Crippen molar-refractivity contribution in [2.75, 3.05) is 24.7 Å². The summed E-state index contributed by atoms with van der Waals surface area (Å²) in [6.07, 6.45) is 1.39. The van der Waals surface area contributed by atoms with Gasteiger partial charge in [-0.15, -0.1) is 0 Å². The standard InChI is InChI=1S/C15H24N6O4/c1-2-3-4-5-24-11-10(23)8(6-22)25-14(11)21-7-18-9-12(16)19-15(17)20-13(9)21/h7-8,10-11,14,22-23H,2-6H2,1H3,(H4,16,17,19,20)/t8-,10-,11-,14-/m1/s1. The Morgan fingerprint density at radius 3 is 2.84 bits per heavy atom. The van der Waals surface area contributed by atoms with E-state index in [-0.39, 0.29) is 18.4 Å². The summed E-state index contributed by atoms with van der Waals surface area (Å²) in [4.78, 5) is 12.3. The minimum atomic E-state index is -0.967. The summed E-state index contributed by atoms with van der Waals surface area (Å²) < 4.78 is 13.2. The lowest BCUT2D eigenvalue weighted by Gasteiger charge is -2.22. The number of aliphatic hydroxyl groups excluding tert-OH is 2. The van der Waals surface area contributed by atoms with E-state index in [4.69, 9.17) is 20.9 Å². The third kappa shape index (κ3) is 3.38. The van der Waals surface area contributed by atoms with Crippen molar-refractivity contribution < 1.29 is 19.7 Å². The number of ether oxygens (including phenoxy) is 2. The van der Waals surface area contributed by atoms with Crippen LogP contribution in [0, 0.1) is 0 Å². The van der Waals surface area contributed by atoms with Crippen LogP contribution in [0.3, 0.4) is 0 Å². The molecule has 0 bridgehead atoms. The molecule has 0 aromatic carbocycles. The van der Waals surface area contributed by atoms with Gasteiger partial charge in [-0.05, 0) is 6.42 Å². The first kappa shape index (κ1) is 17.8. The van der Waals surface area contributed by atoms with Gasteiger partial charge < -0.3 is 31.2 Å². The molecule has 10 nitrogen and oxygen atoms in total. The van der Waals surface area contributed by atoms with E-state index in [0.29, 0.717) is 17.8 Å². The van der Waals surface area contributed by atoms with Crippen LogP contribution in [0.5, 0.6) is 0 Å². The summed E-state index contributed by atoms with van der Waals surface area (Å²) in [5.74, 6) is 0.184. The van der Waals surface area contributed by atoms with E-state index in [1.54, 1.807) is 4.57 Å². The number of aromatic nitrogens is 4. The van der Waals surface area contributed by atoms with Crippen molar-refractivity contribution in [2.45, 2.75) is 50.7 Å². The van der Waals surface area contributed by atoms with Crippen LogP contribution in [0.15, 0.2) is 6.33 Å². The van der Waals surface area contributed by atoms with Crippen LogP contribution in [-0.2, 0) is 9.47 Å². The van der Waals surface area contributed by atoms with E-state index < -0.39 is 24.5 Å². The third-order valence-corrected chi connectivity index (χ3v) is 4.29. The predicted molar refractivity (Wildman–Crippen MR) is 90.4 cm³/mol. The van der Waals surface area contributed by atoms with Crippen LogP contribution in [0.1, 0.15) is 32.4 Å². The summed E-state index contributed by atoms with van der Waals surface area (Å²) >= 11 is 0. The molecule has 6 N–H and O–H groups in total. The molecule has 4 atom stereocenters. The molecule has 0 amide bonds. The van der Waals surface area contributed by atoms with Gasteiger partial charge in [0.1, 0.15) is 23.8 Å². The Hall–Kier alpha value is -2.01. The second-order valence-corrected chi connectivity index (χ2v) is 6.07. The first-order valence-electron chi connectivity index (χ1n) is 8.38. The van der Waals surface area contributed by atoms with Gasteiger partial charge in [0.2, 0.25) is 5.95 Å². The van der Waals surface area contributed by atoms with Crippen LogP contribution in [0.4, 0.5) is 11.8 Å². The van der Waals surface area contributed by atoms with Gasteiger partial charge in [0.25, 0.3) is 0 Å². The molecule has 1 fully saturated rings. The lowest BCUT2D eigenvalue weighted by atomic mass is 10.1. The van der Waals surface area contributed by atoms with Crippen molar-refractivity contribution in [1.29, 1.82) is 0 Å². The molecule has 3 heterocycles. The molecule has 25 heavy (non-hydrogen) atoms. The highest BCUT2D eigenvalue weighted by atomic mass is 16.6. The third-order valence-electron chi connectivity index (χ3n) is 4.29. The Labute approximate surface area is 144 Å². The number of fused-ring (bicyclic) bond motifs is 1. The molecule has 1 saturated heterocycles. The normalized spacial score (nSPS) is 26.5. The monoisotopic (exact) mass is 352 g/mol. The number of hydrogen-bond donors (Lipinski definition) is 4. The molecule has 10 heteroatoms. The van der Waals surface area contributed by atoms with Gasteiger partial charge in [-0.25, -0.2) is 4.98 Å². The summed E-state index contributed by atoms with van der Waals surface area (Å²) in [5, 5.41) is 19.9. The molecular weight excluding hydrogens is 328 g/mol. The van der Waals surface area contributed by atoms with Gasteiger partial charge in [-0.3, -0.25) is 4.57 Å². The summed E-state index contributed by atoms with van der Waals surface area (Å²) in [7, 11) is 0. The Morgan fingerprint density at radius 2 is 2.12 bits per heavy atom. The first-order chi connectivity index (χ1) is 12.1. The molecule has 0 spiro atoms. The first-order valence-corrected chi connectivity index (χ1v) is 8.38. The largest absolute Gasteiger partial charge is 0.394 e. The highest BCUT2D eigenvalue weighted by molar-refractivity contribution is 5.82. The van der Waals surface area contributed by atoms with Gasteiger partial charge >= 0.3 is 0 Å². The van der Waals surface area contributed by atoms with Crippen LogP contribution >= 0.6 is 0 Å². The van der Waals surface area contributed by atoms with Crippen molar-refractivity contribution in [3.8, 4) is 0 Å². The van der Waals surface area contributed by atoms with Crippen molar-refractivity contribution in [2.24, 2.45) is 0 Å². The molecule has 1 aliphatic heterocycles. The lowest BCUT2D eigenvalue weighted by Crippen LogP contribution is -2.35. The highest BCUT2D eigenvalue weighted by Gasteiger charge is 2.45.